The minimum atomic E-state index is 0.635. The number of hydrogen-bond acceptors (Lipinski definition) is 4. The summed E-state index contributed by atoms with van der Waals surface area (Å²) in [6.45, 7) is 0.868. The van der Waals surface area contributed by atoms with E-state index in [1.165, 1.54) is 29.9 Å². The molecule has 1 aliphatic carbocycles. The molecule has 1 saturated carbocycles. The second-order valence-corrected chi connectivity index (χ2v) is 6.34. The number of hydrogen-bond donors (Lipinski definition) is 0. The van der Waals surface area contributed by atoms with Gasteiger partial charge in [0.2, 0.25) is 5.13 Å². The van der Waals surface area contributed by atoms with Crippen LogP contribution in [0, 0.1) is 0 Å². The maximum Gasteiger partial charge on any atom is 0.205 e. The van der Waals surface area contributed by atoms with E-state index in [1.54, 1.807) is 0 Å². The second kappa shape index (κ2) is 4.97. The van der Waals surface area contributed by atoms with Crippen LogP contribution in [0.25, 0.3) is 0 Å². The molecule has 1 aliphatic rings. The SMILES string of the molecule is CN(Cc1ccc(Br)cc1)c1nc(C2CC2)ns1. The van der Waals surface area contributed by atoms with Gasteiger partial charge in [-0.05, 0) is 30.5 Å². The number of halogens is 1. The first-order chi connectivity index (χ1) is 8.72. The van der Waals surface area contributed by atoms with E-state index in [0.717, 1.165) is 22.0 Å². The molecule has 0 unspecified atom stereocenters. The first-order valence-electron chi connectivity index (χ1n) is 6.01. The smallest absolute Gasteiger partial charge is 0.205 e. The maximum absolute atomic E-state index is 4.61. The standard InChI is InChI=1S/C13H14BrN3S/c1-17(8-9-2-6-11(14)7-3-9)13-15-12(16-18-13)10-4-5-10/h2-3,6-7,10H,4-5,8H2,1H3. The molecule has 0 bridgehead atoms. The van der Waals surface area contributed by atoms with E-state index < -0.39 is 0 Å². The van der Waals surface area contributed by atoms with Crippen LogP contribution in [-0.4, -0.2) is 16.4 Å². The van der Waals surface area contributed by atoms with Crippen LogP contribution in [0.3, 0.4) is 0 Å². The number of nitrogens with zero attached hydrogens (tertiary/aromatic N) is 3. The van der Waals surface area contributed by atoms with Crippen LogP contribution >= 0.6 is 27.5 Å². The summed E-state index contributed by atoms with van der Waals surface area (Å²) < 4.78 is 5.55. The third-order valence-corrected chi connectivity index (χ3v) is 4.41. The van der Waals surface area contributed by atoms with Gasteiger partial charge in [0.05, 0.1) is 0 Å². The fraction of sp³-hybridized carbons (Fsp3) is 0.385. The summed E-state index contributed by atoms with van der Waals surface area (Å²) in [6, 6.07) is 8.39. The number of aromatic nitrogens is 2. The van der Waals surface area contributed by atoms with Gasteiger partial charge in [0.25, 0.3) is 0 Å². The van der Waals surface area contributed by atoms with Gasteiger partial charge in [-0.1, -0.05) is 28.1 Å². The molecule has 1 fully saturated rings. The van der Waals surface area contributed by atoms with E-state index in [9.17, 15) is 0 Å². The van der Waals surface area contributed by atoms with Gasteiger partial charge < -0.3 is 4.90 Å². The Bertz CT molecular complexity index is 533. The molecule has 1 aromatic heterocycles. The molecule has 0 atom stereocenters. The highest BCUT2D eigenvalue weighted by Crippen LogP contribution is 2.39. The van der Waals surface area contributed by atoms with Crippen LogP contribution in [0.15, 0.2) is 28.7 Å². The Labute approximate surface area is 119 Å². The molecule has 94 valence electrons. The van der Waals surface area contributed by atoms with Gasteiger partial charge >= 0.3 is 0 Å². The van der Waals surface area contributed by atoms with Crippen molar-refractivity contribution < 1.29 is 0 Å². The van der Waals surface area contributed by atoms with Crippen molar-refractivity contribution in [1.82, 2.24) is 9.36 Å². The first-order valence-corrected chi connectivity index (χ1v) is 7.58. The Kier molecular flexibility index (Phi) is 3.35. The molecule has 3 rings (SSSR count). The van der Waals surface area contributed by atoms with Gasteiger partial charge in [-0.15, -0.1) is 0 Å². The second-order valence-electron chi connectivity index (χ2n) is 4.69. The summed E-state index contributed by atoms with van der Waals surface area (Å²) in [6.07, 6.45) is 2.51. The summed E-state index contributed by atoms with van der Waals surface area (Å²) in [7, 11) is 2.07. The first kappa shape index (κ1) is 12.1. The summed E-state index contributed by atoms with van der Waals surface area (Å²) in [5.74, 6) is 1.67. The van der Waals surface area contributed by atoms with Gasteiger partial charge in [0.15, 0.2) is 0 Å². The lowest BCUT2D eigenvalue weighted by atomic mass is 10.2. The van der Waals surface area contributed by atoms with Crippen molar-refractivity contribution in [3.05, 3.63) is 40.1 Å². The molecular formula is C13H14BrN3S. The minimum absolute atomic E-state index is 0.635. The molecule has 0 radical (unpaired) electrons. The van der Waals surface area contributed by atoms with Crippen LogP contribution in [0.1, 0.15) is 30.1 Å². The molecule has 0 amide bonds. The van der Waals surface area contributed by atoms with Crippen molar-refractivity contribution in [2.24, 2.45) is 0 Å². The molecule has 0 aliphatic heterocycles. The lowest BCUT2D eigenvalue weighted by Gasteiger charge is -2.14. The zero-order valence-electron chi connectivity index (χ0n) is 10.1. The van der Waals surface area contributed by atoms with Crippen LogP contribution in [0.5, 0.6) is 0 Å². The van der Waals surface area contributed by atoms with Gasteiger partial charge in [-0.2, -0.15) is 4.37 Å². The van der Waals surface area contributed by atoms with Crippen LogP contribution in [0.4, 0.5) is 5.13 Å². The Morgan fingerprint density at radius 2 is 2.06 bits per heavy atom. The molecule has 0 N–H and O–H groups in total. The lowest BCUT2D eigenvalue weighted by Crippen LogP contribution is -2.16. The van der Waals surface area contributed by atoms with Crippen LogP contribution in [0.2, 0.25) is 0 Å². The Balaban J connectivity index is 1.69. The molecular weight excluding hydrogens is 310 g/mol. The Morgan fingerprint density at radius 3 is 2.72 bits per heavy atom. The molecule has 5 heteroatoms. The Hall–Kier alpha value is -0.940. The average molecular weight is 324 g/mol. The highest BCUT2D eigenvalue weighted by molar-refractivity contribution is 9.10. The van der Waals surface area contributed by atoms with Gasteiger partial charge in [0.1, 0.15) is 5.82 Å². The zero-order chi connectivity index (χ0) is 12.5. The third kappa shape index (κ3) is 2.72. The number of benzene rings is 1. The van der Waals surface area contributed by atoms with E-state index >= 15 is 0 Å². The monoisotopic (exact) mass is 323 g/mol. The highest BCUT2D eigenvalue weighted by Gasteiger charge is 2.28. The normalized spacial score (nSPS) is 14.8. The van der Waals surface area contributed by atoms with Crippen molar-refractivity contribution in [3.8, 4) is 0 Å². The van der Waals surface area contributed by atoms with Crippen molar-refractivity contribution in [3.63, 3.8) is 0 Å². The highest BCUT2D eigenvalue weighted by atomic mass is 79.9. The van der Waals surface area contributed by atoms with Gasteiger partial charge in [-0.25, -0.2) is 4.98 Å². The molecule has 1 heterocycles. The zero-order valence-corrected chi connectivity index (χ0v) is 12.5. The fourth-order valence-electron chi connectivity index (χ4n) is 1.82. The van der Waals surface area contributed by atoms with Crippen molar-refractivity contribution >= 4 is 32.6 Å². The van der Waals surface area contributed by atoms with E-state index in [-0.39, 0.29) is 0 Å². The third-order valence-electron chi connectivity index (χ3n) is 3.03. The number of anilines is 1. The average Bonchev–Trinajstić information content (AvgIpc) is 3.10. The molecule has 3 nitrogen and oxygen atoms in total. The van der Waals surface area contributed by atoms with E-state index in [1.807, 2.05) is 0 Å². The molecule has 0 saturated heterocycles. The molecule has 18 heavy (non-hydrogen) atoms. The minimum Gasteiger partial charge on any atom is -0.346 e. The van der Waals surface area contributed by atoms with Crippen molar-refractivity contribution in [1.29, 1.82) is 0 Å². The summed E-state index contributed by atoms with van der Waals surface area (Å²) in [5.41, 5.74) is 1.28. The number of rotatable bonds is 4. The van der Waals surface area contributed by atoms with E-state index in [0.29, 0.717) is 5.92 Å². The summed E-state index contributed by atoms with van der Waals surface area (Å²) in [4.78, 5) is 6.77. The predicted molar refractivity (Wildman–Crippen MR) is 78.1 cm³/mol. The summed E-state index contributed by atoms with van der Waals surface area (Å²) >= 11 is 4.95. The van der Waals surface area contributed by atoms with Crippen LogP contribution in [-0.2, 0) is 6.54 Å². The van der Waals surface area contributed by atoms with Gasteiger partial charge in [0, 0.05) is 35.5 Å². The fourth-order valence-corrected chi connectivity index (χ4v) is 2.79. The molecule has 2 aromatic rings. The van der Waals surface area contributed by atoms with Crippen molar-refractivity contribution in [2.75, 3.05) is 11.9 Å². The predicted octanol–water partition coefficient (Wildman–Crippen LogP) is 3.81. The van der Waals surface area contributed by atoms with Gasteiger partial charge in [-0.3, -0.25) is 0 Å². The van der Waals surface area contributed by atoms with Crippen molar-refractivity contribution in [2.45, 2.75) is 25.3 Å². The lowest BCUT2D eigenvalue weighted by molar-refractivity contribution is 0.895. The topological polar surface area (TPSA) is 29.0 Å². The quantitative estimate of drug-likeness (QED) is 0.856. The molecule has 1 aromatic carbocycles. The largest absolute Gasteiger partial charge is 0.346 e. The summed E-state index contributed by atoms with van der Waals surface area (Å²) in [5, 5.41) is 1.01. The van der Waals surface area contributed by atoms with E-state index in [2.05, 4.69) is 61.5 Å². The molecule has 0 spiro atoms. The van der Waals surface area contributed by atoms with Crippen LogP contribution < -0.4 is 4.90 Å². The Morgan fingerprint density at radius 1 is 1.33 bits per heavy atom. The van der Waals surface area contributed by atoms with E-state index in [4.69, 9.17) is 0 Å². The maximum atomic E-state index is 4.61.